The first-order valence-corrected chi connectivity index (χ1v) is 10.5. The second-order valence-electron chi connectivity index (χ2n) is 7.98. The van der Waals surface area contributed by atoms with Gasteiger partial charge in [-0.3, -0.25) is 15.0 Å². The van der Waals surface area contributed by atoms with Gasteiger partial charge in [0.2, 0.25) is 0 Å². The lowest BCUT2D eigenvalue weighted by molar-refractivity contribution is -0.384. The van der Waals surface area contributed by atoms with E-state index in [-0.39, 0.29) is 5.69 Å². The average Bonchev–Trinajstić information content (AvgIpc) is 2.74. The minimum atomic E-state index is -0.405. The van der Waals surface area contributed by atoms with Crippen molar-refractivity contribution in [2.75, 3.05) is 18.4 Å². The third kappa shape index (κ3) is 5.86. The maximum atomic E-state index is 10.8. The number of anilines is 1. The van der Waals surface area contributed by atoms with Crippen LogP contribution in [0.5, 0.6) is 0 Å². The molecule has 1 N–H and O–H groups in total. The molecule has 162 valence electrons. The second-order valence-corrected chi connectivity index (χ2v) is 7.98. The molecule has 0 amide bonds. The van der Waals surface area contributed by atoms with E-state index in [0.717, 1.165) is 35.4 Å². The fraction of sp³-hybridized carbons (Fsp3) is 0.333. The summed E-state index contributed by atoms with van der Waals surface area (Å²) in [5.74, 6) is 1.39. The Kier molecular flexibility index (Phi) is 7.31. The standard InChI is InChI=1S/C24H29N5O2/c1-17(2)28(18(3)4)16-15-25-24-21-7-5-6-8-22(21)26-23(27-24)14-11-19-9-12-20(13-10-19)29(30)31/h5-14,17-18H,15-16H2,1-4H3,(H,25,26,27)/b14-11+. The van der Waals surface area contributed by atoms with Crippen LogP contribution in [0.3, 0.4) is 0 Å². The number of fused-ring (bicyclic) bond motifs is 1. The van der Waals surface area contributed by atoms with Gasteiger partial charge in [0.25, 0.3) is 5.69 Å². The van der Waals surface area contributed by atoms with Gasteiger partial charge < -0.3 is 5.32 Å². The number of hydrogen-bond acceptors (Lipinski definition) is 6. The quantitative estimate of drug-likeness (QED) is 0.377. The Bertz CT molecular complexity index is 1050. The zero-order valence-electron chi connectivity index (χ0n) is 18.4. The zero-order valence-corrected chi connectivity index (χ0v) is 18.4. The molecule has 0 saturated heterocycles. The van der Waals surface area contributed by atoms with Crippen molar-refractivity contribution in [3.8, 4) is 0 Å². The summed E-state index contributed by atoms with van der Waals surface area (Å²) in [6, 6.07) is 15.3. The monoisotopic (exact) mass is 419 g/mol. The van der Waals surface area contributed by atoms with Crippen molar-refractivity contribution >= 4 is 34.6 Å². The Balaban J connectivity index is 1.81. The van der Waals surface area contributed by atoms with E-state index in [1.165, 1.54) is 12.1 Å². The maximum absolute atomic E-state index is 10.8. The van der Waals surface area contributed by atoms with Crippen molar-refractivity contribution in [2.24, 2.45) is 0 Å². The highest BCUT2D eigenvalue weighted by molar-refractivity contribution is 5.90. The Hall–Kier alpha value is -3.32. The van der Waals surface area contributed by atoms with Gasteiger partial charge in [0, 0.05) is 42.7 Å². The Morgan fingerprint density at radius 1 is 1.00 bits per heavy atom. The number of non-ortho nitro benzene ring substituents is 1. The third-order valence-corrected chi connectivity index (χ3v) is 5.14. The molecule has 2 aromatic carbocycles. The molecule has 0 aliphatic rings. The van der Waals surface area contributed by atoms with Crippen LogP contribution in [-0.2, 0) is 0 Å². The molecule has 31 heavy (non-hydrogen) atoms. The normalized spacial score (nSPS) is 11.8. The molecule has 0 saturated carbocycles. The summed E-state index contributed by atoms with van der Waals surface area (Å²) in [5, 5.41) is 15.3. The number of benzene rings is 2. The highest BCUT2D eigenvalue weighted by Crippen LogP contribution is 2.21. The first-order valence-electron chi connectivity index (χ1n) is 10.5. The van der Waals surface area contributed by atoms with Crippen molar-refractivity contribution in [3.05, 3.63) is 70.0 Å². The average molecular weight is 420 g/mol. The van der Waals surface area contributed by atoms with E-state index in [1.54, 1.807) is 12.1 Å². The van der Waals surface area contributed by atoms with E-state index in [4.69, 9.17) is 4.98 Å². The van der Waals surface area contributed by atoms with Gasteiger partial charge >= 0.3 is 0 Å². The van der Waals surface area contributed by atoms with Gasteiger partial charge in [-0.15, -0.1) is 0 Å². The van der Waals surface area contributed by atoms with Crippen molar-refractivity contribution in [1.29, 1.82) is 0 Å². The van der Waals surface area contributed by atoms with Crippen LogP contribution in [0.1, 0.15) is 39.1 Å². The number of nitrogens with one attached hydrogen (secondary N) is 1. The van der Waals surface area contributed by atoms with Crippen LogP contribution in [0.4, 0.5) is 11.5 Å². The van der Waals surface area contributed by atoms with E-state index in [1.807, 2.05) is 36.4 Å². The molecule has 7 heteroatoms. The number of rotatable bonds is 9. The van der Waals surface area contributed by atoms with Crippen molar-refractivity contribution in [3.63, 3.8) is 0 Å². The van der Waals surface area contributed by atoms with E-state index in [2.05, 4.69) is 42.9 Å². The highest BCUT2D eigenvalue weighted by atomic mass is 16.6. The van der Waals surface area contributed by atoms with E-state index in [0.29, 0.717) is 17.9 Å². The number of nitro groups is 1. The SMILES string of the molecule is CC(C)N(CCNc1nc(/C=C/c2ccc([N+](=O)[O-])cc2)nc2ccccc12)C(C)C. The summed E-state index contributed by atoms with van der Waals surface area (Å²) in [4.78, 5) is 22.2. The molecule has 0 spiro atoms. The number of nitrogens with zero attached hydrogens (tertiary/aromatic N) is 4. The predicted molar refractivity (Wildman–Crippen MR) is 127 cm³/mol. The van der Waals surface area contributed by atoms with Crippen molar-refractivity contribution in [1.82, 2.24) is 14.9 Å². The van der Waals surface area contributed by atoms with Crippen LogP contribution in [0.2, 0.25) is 0 Å². The van der Waals surface area contributed by atoms with Gasteiger partial charge in [-0.2, -0.15) is 0 Å². The molecule has 3 aromatic rings. The molecule has 1 aromatic heterocycles. The van der Waals surface area contributed by atoms with E-state index in [9.17, 15) is 10.1 Å². The molecular formula is C24H29N5O2. The highest BCUT2D eigenvalue weighted by Gasteiger charge is 2.13. The zero-order chi connectivity index (χ0) is 22.4. The molecule has 0 unspecified atom stereocenters. The van der Waals surface area contributed by atoms with Crippen LogP contribution in [0.25, 0.3) is 23.1 Å². The third-order valence-electron chi connectivity index (χ3n) is 5.14. The smallest absolute Gasteiger partial charge is 0.269 e. The summed E-state index contributed by atoms with van der Waals surface area (Å²) in [6.45, 7) is 10.5. The summed E-state index contributed by atoms with van der Waals surface area (Å²) in [5.41, 5.74) is 1.79. The largest absolute Gasteiger partial charge is 0.368 e. The second kappa shape index (κ2) is 10.1. The van der Waals surface area contributed by atoms with E-state index < -0.39 is 4.92 Å². The maximum Gasteiger partial charge on any atom is 0.269 e. The lowest BCUT2D eigenvalue weighted by Gasteiger charge is -2.30. The minimum Gasteiger partial charge on any atom is -0.368 e. The summed E-state index contributed by atoms with van der Waals surface area (Å²) < 4.78 is 0. The van der Waals surface area contributed by atoms with Gasteiger partial charge in [0.05, 0.1) is 10.4 Å². The van der Waals surface area contributed by atoms with Gasteiger partial charge in [-0.1, -0.05) is 18.2 Å². The molecule has 0 fully saturated rings. The molecular weight excluding hydrogens is 390 g/mol. The molecule has 0 aliphatic carbocycles. The first-order chi connectivity index (χ1) is 14.8. The lowest BCUT2D eigenvalue weighted by atomic mass is 10.2. The van der Waals surface area contributed by atoms with Gasteiger partial charge in [0.1, 0.15) is 5.82 Å². The summed E-state index contributed by atoms with van der Waals surface area (Å²) in [6.07, 6.45) is 3.68. The van der Waals surface area contributed by atoms with Crippen LogP contribution < -0.4 is 5.32 Å². The molecule has 0 bridgehead atoms. The molecule has 3 rings (SSSR count). The van der Waals surface area contributed by atoms with Crippen LogP contribution >= 0.6 is 0 Å². The fourth-order valence-corrected chi connectivity index (χ4v) is 3.60. The molecule has 0 radical (unpaired) electrons. The molecule has 1 heterocycles. The number of nitro benzene ring substituents is 1. The van der Waals surface area contributed by atoms with E-state index >= 15 is 0 Å². The predicted octanol–water partition coefficient (Wildman–Crippen LogP) is 5.24. The number of para-hydroxylation sites is 1. The van der Waals surface area contributed by atoms with Gasteiger partial charge in [-0.05, 0) is 63.6 Å². The Morgan fingerprint density at radius 2 is 1.68 bits per heavy atom. The Morgan fingerprint density at radius 3 is 2.32 bits per heavy atom. The lowest BCUT2D eigenvalue weighted by Crippen LogP contribution is -2.40. The van der Waals surface area contributed by atoms with Crippen LogP contribution in [0, 0.1) is 10.1 Å². The first kappa shape index (κ1) is 22.4. The van der Waals surface area contributed by atoms with Crippen molar-refractivity contribution < 1.29 is 4.92 Å². The fourth-order valence-electron chi connectivity index (χ4n) is 3.60. The molecule has 0 atom stereocenters. The molecule has 7 nitrogen and oxygen atoms in total. The number of aromatic nitrogens is 2. The number of hydrogen-bond donors (Lipinski definition) is 1. The van der Waals surface area contributed by atoms with Crippen molar-refractivity contribution in [2.45, 2.75) is 39.8 Å². The van der Waals surface area contributed by atoms with Crippen LogP contribution in [0.15, 0.2) is 48.5 Å². The van der Waals surface area contributed by atoms with Gasteiger partial charge in [-0.25, -0.2) is 9.97 Å². The molecule has 0 aliphatic heterocycles. The Labute approximate surface area is 183 Å². The van der Waals surface area contributed by atoms with Gasteiger partial charge in [0.15, 0.2) is 5.82 Å². The topological polar surface area (TPSA) is 84.2 Å². The van der Waals surface area contributed by atoms with Crippen LogP contribution in [-0.4, -0.2) is 45.0 Å². The summed E-state index contributed by atoms with van der Waals surface area (Å²) in [7, 11) is 0. The minimum absolute atomic E-state index is 0.0717. The summed E-state index contributed by atoms with van der Waals surface area (Å²) >= 11 is 0.